The second-order valence-electron chi connectivity index (χ2n) is 6.12. The van der Waals surface area contributed by atoms with Crippen molar-refractivity contribution in [2.24, 2.45) is 0 Å². The fourth-order valence-corrected chi connectivity index (χ4v) is 4.26. The Labute approximate surface area is 165 Å². The number of benzene rings is 1. The predicted molar refractivity (Wildman–Crippen MR) is 104 cm³/mol. The van der Waals surface area contributed by atoms with Crippen molar-refractivity contribution in [2.75, 3.05) is 26.0 Å². The van der Waals surface area contributed by atoms with Crippen molar-refractivity contribution in [3.63, 3.8) is 0 Å². The largest absolute Gasteiger partial charge is 0.622 e. The molecule has 0 spiro atoms. The molecular weight excluding hydrogens is 386 g/mol. The zero-order valence-corrected chi connectivity index (χ0v) is 16.6. The van der Waals surface area contributed by atoms with Gasteiger partial charge in [0.15, 0.2) is 4.34 Å². The highest BCUT2D eigenvalue weighted by atomic mass is 32.2. The van der Waals surface area contributed by atoms with E-state index >= 15 is 0 Å². The minimum absolute atomic E-state index is 0.160. The van der Waals surface area contributed by atoms with Gasteiger partial charge in [-0.1, -0.05) is 29.9 Å². The van der Waals surface area contributed by atoms with Gasteiger partial charge in [-0.3, -0.25) is 4.65 Å². The van der Waals surface area contributed by atoms with E-state index in [9.17, 15) is 10.0 Å². The SMILES string of the molecule is CCCN1CC(OC(=O)c2cccc(C#N)c2)[N+]([O-])(c2nnc(SC)s2)C1. The van der Waals surface area contributed by atoms with Crippen LogP contribution >= 0.6 is 23.1 Å². The molecule has 0 radical (unpaired) electrons. The van der Waals surface area contributed by atoms with Gasteiger partial charge in [-0.15, -0.1) is 5.10 Å². The Balaban J connectivity index is 1.85. The van der Waals surface area contributed by atoms with Crippen LogP contribution in [-0.4, -0.2) is 53.3 Å². The third-order valence-corrected chi connectivity index (χ3v) is 6.20. The zero-order chi connectivity index (χ0) is 19.4. The summed E-state index contributed by atoms with van der Waals surface area (Å²) in [4.78, 5) is 14.5. The number of thioether (sulfide) groups is 1. The molecule has 8 nitrogen and oxygen atoms in total. The van der Waals surface area contributed by atoms with Crippen LogP contribution in [0.2, 0.25) is 0 Å². The molecule has 1 fully saturated rings. The molecule has 1 aliphatic heterocycles. The molecule has 2 atom stereocenters. The van der Waals surface area contributed by atoms with Crippen molar-refractivity contribution >= 4 is 34.2 Å². The zero-order valence-electron chi connectivity index (χ0n) is 15.0. The number of hydrogen-bond acceptors (Lipinski definition) is 9. The summed E-state index contributed by atoms with van der Waals surface area (Å²) in [6, 6.07) is 8.23. The fourth-order valence-electron chi connectivity index (χ4n) is 2.93. The van der Waals surface area contributed by atoms with E-state index < -0.39 is 16.8 Å². The Kier molecular flexibility index (Phi) is 6.08. The Morgan fingerprint density at radius 3 is 3.04 bits per heavy atom. The number of hydroxylamine groups is 2. The fraction of sp³-hybridized carbons (Fsp3) is 0.412. The van der Waals surface area contributed by atoms with Crippen molar-refractivity contribution in [3.8, 4) is 6.07 Å². The van der Waals surface area contributed by atoms with E-state index in [0.29, 0.717) is 16.4 Å². The molecule has 3 rings (SSSR count). The lowest BCUT2D eigenvalue weighted by molar-refractivity contribution is 0.00551. The average Bonchev–Trinajstić information content (AvgIpc) is 3.28. The van der Waals surface area contributed by atoms with E-state index in [0.717, 1.165) is 13.0 Å². The monoisotopic (exact) mass is 405 g/mol. The highest BCUT2D eigenvalue weighted by molar-refractivity contribution is 8.00. The molecule has 1 aromatic heterocycles. The van der Waals surface area contributed by atoms with Gasteiger partial charge < -0.3 is 9.94 Å². The number of ether oxygens (including phenoxy) is 1. The summed E-state index contributed by atoms with van der Waals surface area (Å²) in [7, 11) is 0. The molecule has 0 amide bonds. The summed E-state index contributed by atoms with van der Waals surface area (Å²) >= 11 is 2.64. The maximum absolute atomic E-state index is 13.6. The number of quaternary nitrogens is 1. The van der Waals surface area contributed by atoms with E-state index in [4.69, 9.17) is 10.00 Å². The Bertz CT molecular complexity index is 868. The van der Waals surface area contributed by atoms with E-state index in [2.05, 4.69) is 10.2 Å². The Morgan fingerprint density at radius 2 is 2.37 bits per heavy atom. The first kappa shape index (κ1) is 19.7. The van der Waals surface area contributed by atoms with E-state index in [1.165, 1.54) is 29.2 Å². The van der Waals surface area contributed by atoms with Crippen molar-refractivity contribution in [2.45, 2.75) is 23.9 Å². The van der Waals surface area contributed by atoms with Crippen LogP contribution in [0.4, 0.5) is 5.13 Å². The highest BCUT2D eigenvalue weighted by Crippen LogP contribution is 2.36. The molecule has 1 saturated heterocycles. The van der Waals surface area contributed by atoms with Crippen LogP contribution in [0.3, 0.4) is 0 Å². The third kappa shape index (κ3) is 4.12. The van der Waals surface area contributed by atoms with Crippen LogP contribution < -0.4 is 4.65 Å². The number of esters is 1. The number of carbonyl (C=O) groups is 1. The van der Waals surface area contributed by atoms with E-state index in [-0.39, 0.29) is 17.4 Å². The van der Waals surface area contributed by atoms with Gasteiger partial charge in [0.25, 0.3) is 6.23 Å². The molecule has 27 heavy (non-hydrogen) atoms. The number of carbonyl (C=O) groups excluding carboxylic acids is 1. The summed E-state index contributed by atoms with van der Waals surface area (Å²) < 4.78 is 5.42. The molecule has 2 unspecified atom stereocenters. The maximum atomic E-state index is 13.6. The Morgan fingerprint density at radius 1 is 1.56 bits per heavy atom. The molecule has 2 heterocycles. The summed E-state index contributed by atoms with van der Waals surface area (Å²) in [5.41, 5.74) is 0.608. The molecule has 10 heteroatoms. The van der Waals surface area contributed by atoms with Crippen LogP contribution in [0.25, 0.3) is 0 Å². The van der Waals surface area contributed by atoms with Crippen molar-refractivity contribution in [1.82, 2.24) is 19.7 Å². The van der Waals surface area contributed by atoms with E-state index in [1.807, 2.05) is 24.1 Å². The van der Waals surface area contributed by atoms with Gasteiger partial charge in [0, 0.05) is 6.54 Å². The smallest absolute Gasteiger partial charge is 0.342 e. The van der Waals surface area contributed by atoms with Crippen LogP contribution in [0.1, 0.15) is 29.3 Å². The topological polar surface area (TPSA) is 102 Å². The highest BCUT2D eigenvalue weighted by Gasteiger charge is 2.46. The molecule has 0 bridgehead atoms. The lowest BCUT2D eigenvalue weighted by Gasteiger charge is -2.38. The molecule has 2 aromatic rings. The van der Waals surface area contributed by atoms with Crippen LogP contribution in [0, 0.1) is 16.5 Å². The third-order valence-electron chi connectivity index (χ3n) is 4.19. The molecule has 0 N–H and O–H groups in total. The molecule has 1 aromatic carbocycles. The normalized spacial score (nSPS) is 22.5. The average molecular weight is 406 g/mol. The van der Waals surface area contributed by atoms with Gasteiger partial charge in [-0.2, -0.15) is 5.26 Å². The number of nitriles is 1. The Hall–Kier alpha value is -2.03. The van der Waals surface area contributed by atoms with Gasteiger partial charge in [-0.25, -0.2) is 9.69 Å². The number of aromatic nitrogens is 2. The summed E-state index contributed by atoms with van der Waals surface area (Å²) in [6.07, 6.45) is 1.82. The molecule has 0 saturated carbocycles. The number of nitrogens with zero attached hydrogens (tertiary/aromatic N) is 5. The van der Waals surface area contributed by atoms with Crippen LogP contribution in [0.15, 0.2) is 28.6 Å². The first-order chi connectivity index (χ1) is 13.0. The molecule has 1 aliphatic rings. The van der Waals surface area contributed by atoms with Crippen molar-refractivity contribution in [3.05, 3.63) is 40.6 Å². The number of rotatable bonds is 6. The summed E-state index contributed by atoms with van der Waals surface area (Å²) in [6.45, 7) is 3.25. The molecule has 142 valence electrons. The van der Waals surface area contributed by atoms with Crippen molar-refractivity contribution < 1.29 is 9.53 Å². The standard InChI is InChI=1S/C17H19N5O3S2/c1-3-7-21-10-14(22(24,11-21)16-19-20-17(26-2)27-16)25-15(23)13-6-4-5-12(8-13)9-18/h4-6,8,14H,3,7,10-11H2,1-2H3. The van der Waals surface area contributed by atoms with Gasteiger partial charge >= 0.3 is 11.1 Å². The maximum Gasteiger partial charge on any atom is 0.342 e. The number of hydrogen-bond donors (Lipinski definition) is 0. The van der Waals surface area contributed by atoms with Gasteiger partial charge in [-0.05, 0) is 42.2 Å². The van der Waals surface area contributed by atoms with E-state index in [1.54, 1.807) is 18.2 Å². The predicted octanol–water partition coefficient (Wildman–Crippen LogP) is 2.80. The lowest BCUT2D eigenvalue weighted by atomic mass is 10.1. The second-order valence-corrected chi connectivity index (χ2v) is 8.13. The first-order valence-corrected chi connectivity index (χ1v) is 10.4. The minimum Gasteiger partial charge on any atom is -0.622 e. The lowest BCUT2D eigenvalue weighted by Crippen LogP contribution is -2.50. The second kappa shape index (κ2) is 8.33. The molecule has 0 aliphatic carbocycles. The summed E-state index contributed by atoms with van der Waals surface area (Å²) in [5.74, 6) is -0.622. The van der Waals surface area contributed by atoms with Crippen LogP contribution in [0.5, 0.6) is 0 Å². The molecular formula is C17H19N5O3S2. The first-order valence-electron chi connectivity index (χ1n) is 8.40. The van der Waals surface area contributed by atoms with Gasteiger partial charge in [0.2, 0.25) is 0 Å². The van der Waals surface area contributed by atoms with Crippen LogP contribution in [-0.2, 0) is 4.74 Å². The minimum atomic E-state index is -0.933. The summed E-state index contributed by atoms with van der Waals surface area (Å²) in [5, 5.41) is 30.9. The van der Waals surface area contributed by atoms with Gasteiger partial charge in [0.05, 0.1) is 23.7 Å². The quantitative estimate of drug-likeness (QED) is 0.313. The van der Waals surface area contributed by atoms with Gasteiger partial charge in [0.1, 0.15) is 6.67 Å². The van der Waals surface area contributed by atoms with Crippen molar-refractivity contribution in [1.29, 1.82) is 5.26 Å².